The molecule has 0 aromatic heterocycles. The van der Waals surface area contributed by atoms with Crippen molar-refractivity contribution in [2.45, 2.75) is 91.5 Å². The molecule has 0 heterocycles. The maximum atomic E-state index is 3.74. The molecule has 0 saturated heterocycles. The first-order valence-corrected chi connectivity index (χ1v) is 9.87. The largest absolute Gasteiger partial charge is 0.314 e. The SMILES string of the molecule is CCC1CCCC(C2CC(CC)CCC2CNC(C)C)C1. The molecule has 1 nitrogen and oxygen atoms in total. The van der Waals surface area contributed by atoms with Gasteiger partial charge in [-0.25, -0.2) is 0 Å². The van der Waals surface area contributed by atoms with Crippen LogP contribution in [-0.2, 0) is 0 Å². The molecule has 2 fully saturated rings. The van der Waals surface area contributed by atoms with E-state index in [-0.39, 0.29) is 0 Å². The minimum absolute atomic E-state index is 0.643. The van der Waals surface area contributed by atoms with E-state index in [0.717, 1.165) is 29.6 Å². The van der Waals surface area contributed by atoms with E-state index < -0.39 is 0 Å². The fourth-order valence-corrected chi connectivity index (χ4v) is 5.04. The molecule has 0 spiro atoms. The van der Waals surface area contributed by atoms with Crippen LogP contribution in [0.5, 0.6) is 0 Å². The van der Waals surface area contributed by atoms with E-state index in [9.17, 15) is 0 Å². The van der Waals surface area contributed by atoms with Crippen molar-refractivity contribution < 1.29 is 0 Å². The van der Waals surface area contributed by atoms with Gasteiger partial charge in [0, 0.05) is 6.04 Å². The third-order valence-electron chi connectivity index (χ3n) is 6.53. The van der Waals surface area contributed by atoms with Crippen LogP contribution in [0.2, 0.25) is 0 Å². The summed E-state index contributed by atoms with van der Waals surface area (Å²) in [5.41, 5.74) is 0. The summed E-state index contributed by atoms with van der Waals surface area (Å²) in [6, 6.07) is 0.643. The van der Waals surface area contributed by atoms with Crippen LogP contribution in [-0.4, -0.2) is 12.6 Å². The minimum Gasteiger partial charge on any atom is -0.314 e. The molecule has 0 aliphatic heterocycles. The molecule has 0 aromatic rings. The van der Waals surface area contributed by atoms with Crippen LogP contribution in [0.3, 0.4) is 0 Å². The lowest BCUT2D eigenvalue weighted by atomic mass is 9.63. The van der Waals surface area contributed by atoms with Gasteiger partial charge in [0.05, 0.1) is 0 Å². The highest BCUT2D eigenvalue weighted by molar-refractivity contribution is 4.88. The van der Waals surface area contributed by atoms with Gasteiger partial charge in [0.25, 0.3) is 0 Å². The summed E-state index contributed by atoms with van der Waals surface area (Å²) in [7, 11) is 0. The monoisotopic (exact) mass is 293 g/mol. The molecule has 2 rings (SSSR count). The van der Waals surface area contributed by atoms with Gasteiger partial charge in [0.15, 0.2) is 0 Å². The van der Waals surface area contributed by atoms with Crippen molar-refractivity contribution in [3.8, 4) is 0 Å². The van der Waals surface area contributed by atoms with Gasteiger partial charge in [-0.1, -0.05) is 66.2 Å². The molecule has 2 aliphatic carbocycles. The van der Waals surface area contributed by atoms with E-state index in [0.29, 0.717) is 6.04 Å². The van der Waals surface area contributed by atoms with Gasteiger partial charge in [0.2, 0.25) is 0 Å². The van der Waals surface area contributed by atoms with Gasteiger partial charge in [-0.15, -0.1) is 0 Å². The van der Waals surface area contributed by atoms with Gasteiger partial charge in [0.1, 0.15) is 0 Å². The maximum absolute atomic E-state index is 3.74. The van der Waals surface area contributed by atoms with Gasteiger partial charge < -0.3 is 5.32 Å². The second kappa shape index (κ2) is 8.56. The maximum Gasteiger partial charge on any atom is 0.00104 e. The molecule has 5 atom stereocenters. The van der Waals surface area contributed by atoms with Crippen LogP contribution >= 0.6 is 0 Å². The molecule has 0 bridgehead atoms. The predicted molar refractivity (Wildman–Crippen MR) is 93.5 cm³/mol. The second-order valence-electron chi connectivity index (χ2n) is 8.28. The van der Waals surface area contributed by atoms with E-state index in [4.69, 9.17) is 0 Å². The van der Waals surface area contributed by atoms with E-state index >= 15 is 0 Å². The zero-order valence-electron chi connectivity index (χ0n) is 15.0. The van der Waals surface area contributed by atoms with E-state index in [1.165, 1.54) is 64.3 Å². The van der Waals surface area contributed by atoms with Crippen molar-refractivity contribution in [1.82, 2.24) is 5.32 Å². The zero-order chi connectivity index (χ0) is 15.2. The summed E-state index contributed by atoms with van der Waals surface area (Å²) in [6.45, 7) is 10.7. The lowest BCUT2D eigenvalue weighted by Gasteiger charge is -2.43. The lowest BCUT2D eigenvalue weighted by Crippen LogP contribution is -2.40. The van der Waals surface area contributed by atoms with Crippen molar-refractivity contribution in [3.05, 3.63) is 0 Å². The first-order valence-electron chi connectivity index (χ1n) is 9.87. The molecular weight excluding hydrogens is 254 g/mol. The van der Waals surface area contributed by atoms with Crippen LogP contribution in [0.25, 0.3) is 0 Å². The number of nitrogens with one attached hydrogen (secondary N) is 1. The highest BCUT2D eigenvalue weighted by Gasteiger charge is 2.36. The van der Waals surface area contributed by atoms with E-state index in [2.05, 4.69) is 33.0 Å². The topological polar surface area (TPSA) is 12.0 Å². The molecule has 0 radical (unpaired) electrons. The molecular formula is C20H39N. The van der Waals surface area contributed by atoms with Crippen molar-refractivity contribution >= 4 is 0 Å². The first kappa shape index (κ1) is 17.3. The summed E-state index contributed by atoms with van der Waals surface area (Å²) >= 11 is 0. The third kappa shape index (κ3) is 4.98. The Labute approximate surface area is 133 Å². The quantitative estimate of drug-likeness (QED) is 0.668. The van der Waals surface area contributed by atoms with Crippen molar-refractivity contribution in [3.63, 3.8) is 0 Å². The second-order valence-corrected chi connectivity index (χ2v) is 8.28. The van der Waals surface area contributed by atoms with Gasteiger partial charge in [-0.2, -0.15) is 0 Å². The van der Waals surface area contributed by atoms with Crippen molar-refractivity contribution in [1.29, 1.82) is 0 Å². The van der Waals surface area contributed by atoms with Crippen LogP contribution in [0.4, 0.5) is 0 Å². The van der Waals surface area contributed by atoms with Gasteiger partial charge in [-0.3, -0.25) is 0 Å². The lowest BCUT2D eigenvalue weighted by molar-refractivity contribution is 0.0763. The molecule has 0 amide bonds. The summed E-state index contributed by atoms with van der Waals surface area (Å²) in [5, 5.41) is 3.74. The van der Waals surface area contributed by atoms with E-state index in [1.807, 2.05) is 0 Å². The van der Waals surface area contributed by atoms with Gasteiger partial charge in [-0.05, 0) is 55.4 Å². The van der Waals surface area contributed by atoms with Crippen LogP contribution < -0.4 is 5.32 Å². The average Bonchev–Trinajstić information content (AvgIpc) is 2.52. The Morgan fingerprint density at radius 2 is 1.62 bits per heavy atom. The normalized spacial score (nSPS) is 37.9. The fraction of sp³-hybridized carbons (Fsp3) is 1.00. The van der Waals surface area contributed by atoms with Gasteiger partial charge >= 0.3 is 0 Å². The summed E-state index contributed by atoms with van der Waals surface area (Å²) in [4.78, 5) is 0. The predicted octanol–water partition coefficient (Wildman–Crippen LogP) is 5.64. The molecule has 0 aromatic carbocycles. The molecule has 1 heteroatoms. The summed E-state index contributed by atoms with van der Waals surface area (Å²) in [5.74, 6) is 5.06. The van der Waals surface area contributed by atoms with Crippen LogP contribution in [0.15, 0.2) is 0 Å². The molecule has 2 aliphatic rings. The van der Waals surface area contributed by atoms with Crippen molar-refractivity contribution in [2.24, 2.45) is 29.6 Å². The van der Waals surface area contributed by atoms with Crippen LogP contribution in [0.1, 0.15) is 85.5 Å². The standard InChI is InChI=1S/C20H39N/c1-5-16-8-7-9-18(12-16)20-13-17(6-2)10-11-19(20)14-21-15(3)4/h15-21H,5-14H2,1-4H3. The zero-order valence-corrected chi connectivity index (χ0v) is 15.0. The number of rotatable bonds is 6. The smallest absolute Gasteiger partial charge is 0.00104 e. The number of hydrogen-bond donors (Lipinski definition) is 1. The Morgan fingerprint density at radius 3 is 2.29 bits per heavy atom. The minimum atomic E-state index is 0.643. The van der Waals surface area contributed by atoms with Crippen LogP contribution in [0, 0.1) is 29.6 Å². The van der Waals surface area contributed by atoms with E-state index in [1.54, 1.807) is 0 Å². The summed E-state index contributed by atoms with van der Waals surface area (Å²) < 4.78 is 0. The Bertz CT molecular complexity index is 286. The molecule has 1 N–H and O–H groups in total. The highest BCUT2D eigenvalue weighted by Crippen LogP contribution is 2.45. The highest BCUT2D eigenvalue weighted by atomic mass is 14.9. The third-order valence-corrected chi connectivity index (χ3v) is 6.53. The summed E-state index contributed by atoms with van der Waals surface area (Å²) in [6.07, 6.45) is 13.4. The average molecular weight is 294 g/mol. The molecule has 5 unspecified atom stereocenters. The number of hydrogen-bond acceptors (Lipinski definition) is 1. The molecule has 2 saturated carbocycles. The molecule has 21 heavy (non-hydrogen) atoms. The fourth-order valence-electron chi connectivity index (χ4n) is 5.04. The Morgan fingerprint density at radius 1 is 0.905 bits per heavy atom. The molecule has 124 valence electrons. The first-order chi connectivity index (χ1) is 10.1. The van der Waals surface area contributed by atoms with Crippen molar-refractivity contribution in [2.75, 3.05) is 6.54 Å². The Balaban J connectivity index is 1.98. The Hall–Kier alpha value is -0.0400. The Kier molecular flexibility index (Phi) is 7.05.